The van der Waals surface area contributed by atoms with Crippen LogP contribution in [0.4, 0.5) is 21.5 Å². The van der Waals surface area contributed by atoms with Crippen molar-refractivity contribution in [1.82, 2.24) is 0 Å². The molecule has 0 aliphatic heterocycles. The van der Waals surface area contributed by atoms with Crippen molar-refractivity contribution in [2.45, 2.75) is 0 Å². The van der Waals surface area contributed by atoms with Crippen LogP contribution < -0.4 is 11.1 Å². The summed E-state index contributed by atoms with van der Waals surface area (Å²) in [5, 5.41) is 3.36. The van der Waals surface area contributed by atoms with Crippen LogP contribution in [0.3, 0.4) is 0 Å². The number of halogens is 3. The van der Waals surface area contributed by atoms with Gasteiger partial charge in [-0.1, -0.05) is 27.5 Å². The van der Waals surface area contributed by atoms with Crippen LogP contribution in [0.1, 0.15) is 0 Å². The van der Waals surface area contributed by atoms with Crippen molar-refractivity contribution in [2.75, 3.05) is 11.1 Å². The third kappa shape index (κ3) is 2.90. The molecule has 2 aromatic carbocycles. The van der Waals surface area contributed by atoms with E-state index in [2.05, 4.69) is 21.2 Å². The third-order valence-electron chi connectivity index (χ3n) is 2.19. The second-order valence-corrected chi connectivity index (χ2v) is 4.81. The van der Waals surface area contributed by atoms with Crippen molar-refractivity contribution in [3.05, 3.63) is 51.7 Å². The Kier molecular flexibility index (Phi) is 3.54. The normalized spacial score (nSPS) is 10.3. The summed E-state index contributed by atoms with van der Waals surface area (Å²) in [5.41, 5.74) is 7.12. The van der Waals surface area contributed by atoms with Gasteiger partial charge >= 0.3 is 0 Å². The van der Waals surface area contributed by atoms with Crippen LogP contribution in [-0.4, -0.2) is 0 Å². The molecule has 0 aliphatic rings. The molecule has 0 atom stereocenters. The Bertz CT molecular complexity index is 511. The van der Waals surface area contributed by atoms with E-state index < -0.39 is 0 Å². The molecule has 0 spiro atoms. The van der Waals surface area contributed by atoms with E-state index in [1.54, 1.807) is 30.3 Å². The standard InChI is InChI=1S/C12H9BrClFN2/c13-7-1-3-12(10(15)5-7)17-11-4-2-8(16)6-9(11)14/h1-6,17H,16H2. The molecular formula is C12H9BrClFN2. The first kappa shape index (κ1) is 12.2. The zero-order chi connectivity index (χ0) is 12.4. The highest BCUT2D eigenvalue weighted by molar-refractivity contribution is 9.10. The summed E-state index contributed by atoms with van der Waals surface area (Å²) in [7, 11) is 0. The minimum absolute atomic E-state index is 0.354. The lowest BCUT2D eigenvalue weighted by Gasteiger charge is -2.10. The van der Waals surface area contributed by atoms with Gasteiger partial charge in [-0.2, -0.15) is 0 Å². The molecule has 2 nitrogen and oxygen atoms in total. The molecule has 2 rings (SSSR count). The summed E-state index contributed by atoms with van der Waals surface area (Å²) in [5.74, 6) is -0.354. The summed E-state index contributed by atoms with van der Waals surface area (Å²) >= 11 is 9.18. The van der Waals surface area contributed by atoms with Gasteiger partial charge in [0.15, 0.2) is 0 Å². The molecular weight excluding hydrogens is 307 g/mol. The number of hydrogen-bond acceptors (Lipinski definition) is 2. The lowest BCUT2D eigenvalue weighted by atomic mass is 10.2. The van der Waals surface area contributed by atoms with E-state index in [0.717, 1.165) is 0 Å². The van der Waals surface area contributed by atoms with Crippen LogP contribution in [0.5, 0.6) is 0 Å². The number of nitrogens with one attached hydrogen (secondary N) is 1. The Morgan fingerprint density at radius 2 is 1.82 bits per heavy atom. The predicted octanol–water partition coefficient (Wildman–Crippen LogP) is 4.57. The maximum absolute atomic E-state index is 13.6. The second kappa shape index (κ2) is 4.94. The van der Waals surface area contributed by atoms with Crippen molar-refractivity contribution in [3.63, 3.8) is 0 Å². The molecule has 0 unspecified atom stereocenters. The quantitative estimate of drug-likeness (QED) is 0.797. The minimum atomic E-state index is -0.354. The fourth-order valence-electron chi connectivity index (χ4n) is 1.37. The Hall–Kier alpha value is -1.26. The van der Waals surface area contributed by atoms with E-state index in [1.165, 1.54) is 6.07 Å². The van der Waals surface area contributed by atoms with Gasteiger partial charge < -0.3 is 11.1 Å². The average molecular weight is 316 g/mol. The first-order chi connectivity index (χ1) is 8.06. The molecule has 17 heavy (non-hydrogen) atoms. The number of nitrogens with two attached hydrogens (primary N) is 1. The van der Waals surface area contributed by atoms with Gasteiger partial charge in [0.2, 0.25) is 0 Å². The fraction of sp³-hybridized carbons (Fsp3) is 0. The van der Waals surface area contributed by atoms with E-state index in [1.807, 2.05) is 0 Å². The third-order valence-corrected chi connectivity index (χ3v) is 3.00. The SMILES string of the molecule is Nc1ccc(Nc2ccc(Br)cc2F)c(Cl)c1. The van der Waals surface area contributed by atoms with E-state index >= 15 is 0 Å². The molecule has 0 fully saturated rings. The predicted molar refractivity (Wildman–Crippen MR) is 73.2 cm³/mol. The van der Waals surface area contributed by atoms with Gasteiger partial charge in [-0.25, -0.2) is 4.39 Å². The maximum Gasteiger partial charge on any atom is 0.147 e. The van der Waals surface area contributed by atoms with Crippen molar-refractivity contribution < 1.29 is 4.39 Å². The highest BCUT2D eigenvalue weighted by atomic mass is 79.9. The zero-order valence-corrected chi connectivity index (χ0v) is 11.0. The monoisotopic (exact) mass is 314 g/mol. The molecule has 3 N–H and O–H groups in total. The molecule has 0 heterocycles. The second-order valence-electron chi connectivity index (χ2n) is 3.49. The van der Waals surface area contributed by atoms with Crippen molar-refractivity contribution in [1.29, 1.82) is 0 Å². The first-order valence-corrected chi connectivity index (χ1v) is 6.00. The summed E-state index contributed by atoms with van der Waals surface area (Å²) in [6.07, 6.45) is 0. The van der Waals surface area contributed by atoms with Gasteiger partial charge in [-0.05, 0) is 36.4 Å². The number of benzene rings is 2. The smallest absolute Gasteiger partial charge is 0.147 e. The Morgan fingerprint density at radius 1 is 1.12 bits per heavy atom. The lowest BCUT2D eigenvalue weighted by Crippen LogP contribution is -1.95. The van der Waals surface area contributed by atoms with Crippen molar-refractivity contribution in [3.8, 4) is 0 Å². The van der Waals surface area contributed by atoms with Crippen LogP contribution in [0.15, 0.2) is 40.9 Å². The highest BCUT2D eigenvalue weighted by Crippen LogP contribution is 2.29. The summed E-state index contributed by atoms with van der Waals surface area (Å²) in [4.78, 5) is 0. The fourth-order valence-corrected chi connectivity index (χ4v) is 1.94. The number of hydrogen-bond donors (Lipinski definition) is 2. The minimum Gasteiger partial charge on any atom is -0.399 e. The van der Waals surface area contributed by atoms with Crippen LogP contribution >= 0.6 is 27.5 Å². The van der Waals surface area contributed by atoms with E-state index in [0.29, 0.717) is 26.6 Å². The number of anilines is 3. The van der Waals surface area contributed by atoms with E-state index in [-0.39, 0.29) is 5.82 Å². The number of rotatable bonds is 2. The van der Waals surface area contributed by atoms with Gasteiger partial charge in [0.05, 0.1) is 16.4 Å². The van der Waals surface area contributed by atoms with Gasteiger partial charge in [0.1, 0.15) is 5.82 Å². The molecule has 0 saturated heterocycles. The average Bonchev–Trinajstić information content (AvgIpc) is 2.25. The molecule has 0 aromatic heterocycles. The van der Waals surface area contributed by atoms with E-state index in [4.69, 9.17) is 17.3 Å². The van der Waals surface area contributed by atoms with Crippen LogP contribution in [0.25, 0.3) is 0 Å². The molecule has 0 radical (unpaired) electrons. The largest absolute Gasteiger partial charge is 0.399 e. The molecule has 0 saturated carbocycles. The first-order valence-electron chi connectivity index (χ1n) is 4.83. The summed E-state index contributed by atoms with van der Waals surface area (Å²) in [6, 6.07) is 9.78. The van der Waals surface area contributed by atoms with Crippen molar-refractivity contribution in [2.24, 2.45) is 0 Å². The molecule has 0 amide bonds. The number of nitrogen functional groups attached to an aromatic ring is 1. The molecule has 5 heteroatoms. The summed E-state index contributed by atoms with van der Waals surface area (Å²) < 4.78 is 14.3. The van der Waals surface area contributed by atoms with Gasteiger partial charge in [0, 0.05) is 10.2 Å². The van der Waals surface area contributed by atoms with Gasteiger partial charge in [-0.15, -0.1) is 0 Å². The Morgan fingerprint density at radius 3 is 2.47 bits per heavy atom. The van der Waals surface area contributed by atoms with Crippen molar-refractivity contribution >= 4 is 44.6 Å². The van der Waals surface area contributed by atoms with Crippen LogP contribution in [0.2, 0.25) is 5.02 Å². The van der Waals surface area contributed by atoms with Gasteiger partial charge in [-0.3, -0.25) is 0 Å². The van der Waals surface area contributed by atoms with E-state index in [9.17, 15) is 4.39 Å². The molecule has 88 valence electrons. The Balaban J connectivity index is 2.31. The topological polar surface area (TPSA) is 38.0 Å². The summed E-state index contributed by atoms with van der Waals surface area (Å²) in [6.45, 7) is 0. The van der Waals surface area contributed by atoms with Crippen LogP contribution in [-0.2, 0) is 0 Å². The molecule has 0 aliphatic carbocycles. The Labute approximate surface area is 112 Å². The highest BCUT2D eigenvalue weighted by Gasteiger charge is 2.05. The zero-order valence-electron chi connectivity index (χ0n) is 8.68. The molecule has 0 bridgehead atoms. The maximum atomic E-state index is 13.6. The van der Waals surface area contributed by atoms with Gasteiger partial charge in [0.25, 0.3) is 0 Å². The van der Waals surface area contributed by atoms with Crippen LogP contribution in [0, 0.1) is 5.82 Å². The molecule has 2 aromatic rings. The lowest BCUT2D eigenvalue weighted by molar-refractivity contribution is 0.631.